The van der Waals surface area contributed by atoms with Gasteiger partial charge in [-0.2, -0.15) is 5.10 Å². The monoisotopic (exact) mass is 341 g/mol. The van der Waals surface area contributed by atoms with Crippen LogP contribution in [0.2, 0.25) is 0 Å². The molecule has 6 nitrogen and oxygen atoms in total. The quantitative estimate of drug-likeness (QED) is 0.907. The zero-order chi connectivity index (χ0) is 17.8. The number of nitrogens with zero attached hydrogens (tertiary/aromatic N) is 3. The zero-order valence-corrected chi connectivity index (χ0v) is 14.3. The van der Waals surface area contributed by atoms with Crippen LogP contribution in [-0.2, 0) is 11.2 Å². The summed E-state index contributed by atoms with van der Waals surface area (Å²) in [6, 6.07) is 11.2. The normalized spacial score (nSPS) is 16.6. The van der Waals surface area contributed by atoms with Crippen molar-refractivity contribution < 1.29 is 14.7 Å². The third kappa shape index (κ3) is 3.90. The Bertz CT molecular complexity index is 733. The fourth-order valence-corrected chi connectivity index (χ4v) is 3.47. The van der Waals surface area contributed by atoms with Crippen LogP contribution in [0, 0.1) is 5.92 Å². The van der Waals surface area contributed by atoms with Crippen LogP contribution in [0.3, 0.4) is 0 Å². The van der Waals surface area contributed by atoms with E-state index in [1.54, 1.807) is 6.92 Å². The highest BCUT2D eigenvalue weighted by Crippen LogP contribution is 2.23. The number of hydrogen-bond acceptors (Lipinski definition) is 3. The summed E-state index contributed by atoms with van der Waals surface area (Å²) >= 11 is 0. The Hall–Kier alpha value is -2.63. The van der Waals surface area contributed by atoms with Gasteiger partial charge in [-0.15, -0.1) is 0 Å². The second-order valence-electron chi connectivity index (χ2n) is 6.60. The number of carbonyl (C=O) groups excluding carboxylic acids is 1. The van der Waals surface area contributed by atoms with E-state index in [0.717, 1.165) is 19.3 Å². The first kappa shape index (κ1) is 17.2. The number of carboxylic acids is 1. The van der Waals surface area contributed by atoms with Crippen LogP contribution in [-0.4, -0.2) is 44.8 Å². The van der Waals surface area contributed by atoms with E-state index in [2.05, 4.69) is 29.4 Å². The topological polar surface area (TPSA) is 75.4 Å². The summed E-state index contributed by atoms with van der Waals surface area (Å²) in [6.45, 7) is 3.13. The molecule has 1 aliphatic rings. The summed E-state index contributed by atoms with van der Waals surface area (Å²) in [5.74, 6) is -0.552. The highest BCUT2D eigenvalue weighted by Gasteiger charge is 2.29. The minimum absolute atomic E-state index is 0.0415. The molecule has 3 rings (SSSR count). The van der Waals surface area contributed by atoms with Crippen LogP contribution in [0.15, 0.2) is 42.6 Å². The van der Waals surface area contributed by atoms with Crippen molar-refractivity contribution in [3.05, 3.63) is 53.9 Å². The van der Waals surface area contributed by atoms with Crippen molar-refractivity contribution >= 4 is 11.9 Å². The molecule has 132 valence electrons. The van der Waals surface area contributed by atoms with Gasteiger partial charge >= 0.3 is 5.97 Å². The van der Waals surface area contributed by atoms with Crippen LogP contribution in [0.4, 0.5) is 0 Å². The summed E-state index contributed by atoms with van der Waals surface area (Å²) in [4.78, 5) is 25.8. The van der Waals surface area contributed by atoms with Crippen LogP contribution in [0.1, 0.15) is 41.9 Å². The van der Waals surface area contributed by atoms with Gasteiger partial charge in [-0.05, 0) is 43.7 Å². The molecule has 1 N–H and O–H groups in total. The summed E-state index contributed by atoms with van der Waals surface area (Å²) in [5.41, 5.74) is 1.38. The lowest BCUT2D eigenvalue weighted by Gasteiger charge is -2.33. The second-order valence-corrected chi connectivity index (χ2v) is 6.60. The molecular formula is C19H23N3O3. The van der Waals surface area contributed by atoms with Crippen molar-refractivity contribution in [3.63, 3.8) is 0 Å². The molecule has 2 heterocycles. The Labute approximate surface area is 147 Å². The highest BCUT2D eigenvalue weighted by atomic mass is 16.4. The smallest absolute Gasteiger partial charge is 0.354 e. The predicted molar refractivity (Wildman–Crippen MR) is 93.3 cm³/mol. The maximum absolute atomic E-state index is 12.7. The van der Waals surface area contributed by atoms with Crippen LogP contribution < -0.4 is 0 Å². The third-order valence-corrected chi connectivity index (χ3v) is 4.91. The molecule has 1 aliphatic heterocycles. The molecule has 0 spiro atoms. The first-order chi connectivity index (χ1) is 12.1. The van der Waals surface area contributed by atoms with Crippen LogP contribution in [0.25, 0.3) is 0 Å². The molecule has 1 fully saturated rings. The molecule has 1 aromatic heterocycles. The summed E-state index contributed by atoms with van der Waals surface area (Å²) in [6.07, 6.45) is 4.40. The minimum atomic E-state index is -1.07. The number of carboxylic acid groups (broad SMARTS) is 1. The lowest BCUT2D eigenvalue weighted by molar-refractivity contribution is -0.136. The lowest BCUT2D eigenvalue weighted by atomic mass is 9.90. The fraction of sp³-hybridized carbons (Fsp3) is 0.421. The number of benzene rings is 1. The van der Waals surface area contributed by atoms with Crippen LogP contribution in [0.5, 0.6) is 0 Å². The number of carbonyl (C=O) groups is 2. The van der Waals surface area contributed by atoms with Gasteiger partial charge in [0.1, 0.15) is 11.7 Å². The number of amides is 1. The largest absolute Gasteiger partial charge is 0.477 e. The van der Waals surface area contributed by atoms with Crippen molar-refractivity contribution in [1.29, 1.82) is 0 Å². The van der Waals surface area contributed by atoms with E-state index in [1.165, 1.54) is 22.5 Å². The Balaban J connectivity index is 1.58. The molecular weight excluding hydrogens is 318 g/mol. The van der Waals surface area contributed by atoms with E-state index in [1.807, 2.05) is 11.0 Å². The molecule has 0 bridgehead atoms. The summed E-state index contributed by atoms with van der Waals surface area (Å²) in [7, 11) is 0. The molecule has 25 heavy (non-hydrogen) atoms. The Morgan fingerprint density at radius 3 is 2.52 bits per heavy atom. The van der Waals surface area contributed by atoms with Gasteiger partial charge in [-0.1, -0.05) is 30.3 Å². The van der Waals surface area contributed by atoms with Crippen molar-refractivity contribution in [1.82, 2.24) is 14.7 Å². The molecule has 6 heteroatoms. The zero-order valence-electron chi connectivity index (χ0n) is 14.3. The maximum atomic E-state index is 12.7. The number of aromatic carboxylic acids is 1. The highest BCUT2D eigenvalue weighted by molar-refractivity contribution is 5.87. The maximum Gasteiger partial charge on any atom is 0.354 e. The van der Waals surface area contributed by atoms with Gasteiger partial charge in [0.15, 0.2) is 0 Å². The molecule has 1 unspecified atom stereocenters. The van der Waals surface area contributed by atoms with Gasteiger partial charge in [0.25, 0.3) is 0 Å². The van der Waals surface area contributed by atoms with E-state index in [9.17, 15) is 14.7 Å². The number of piperidine rings is 1. The second kappa shape index (κ2) is 7.51. The first-order valence-corrected chi connectivity index (χ1v) is 8.65. The van der Waals surface area contributed by atoms with Gasteiger partial charge < -0.3 is 10.0 Å². The Morgan fingerprint density at radius 2 is 1.88 bits per heavy atom. The van der Waals surface area contributed by atoms with E-state index in [0.29, 0.717) is 19.0 Å². The average Bonchev–Trinajstić information content (AvgIpc) is 3.12. The lowest BCUT2D eigenvalue weighted by Crippen LogP contribution is -2.42. The van der Waals surface area contributed by atoms with Gasteiger partial charge in [-0.3, -0.25) is 4.79 Å². The van der Waals surface area contributed by atoms with Crippen LogP contribution >= 0.6 is 0 Å². The molecule has 0 aliphatic carbocycles. The average molecular weight is 341 g/mol. The molecule has 2 aromatic rings. The van der Waals surface area contributed by atoms with E-state index < -0.39 is 12.0 Å². The van der Waals surface area contributed by atoms with Gasteiger partial charge in [-0.25, -0.2) is 9.48 Å². The molecule has 1 saturated heterocycles. The van der Waals surface area contributed by atoms with Crippen molar-refractivity contribution in [2.75, 3.05) is 13.1 Å². The molecule has 1 amide bonds. The fourth-order valence-electron chi connectivity index (χ4n) is 3.47. The number of hydrogen-bond donors (Lipinski definition) is 1. The van der Waals surface area contributed by atoms with Crippen molar-refractivity contribution in [2.45, 2.75) is 32.2 Å². The first-order valence-electron chi connectivity index (χ1n) is 8.65. The van der Waals surface area contributed by atoms with Crippen molar-refractivity contribution in [3.8, 4) is 0 Å². The van der Waals surface area contributed by atoms with E-state index in [-0.39, 0.29) is 11.6 Å². The molecule has 0 radical (unpaired) electrons. The van der Waals surface area contributed by atoms with Gasteiger partial charge in [0.2, 0.25) is 5.91 Å². The van der Waals surface area contributed by atoms with Gasteiger partial charge in [0.05, 0.1) is 0 Å². The summed E-state index contributed by atoms with van der Waals surface area (Å²) in [5, 5.41) is 13.2. The van der Waals surface area contributed by atoms with Gasteiger partial charge in [0, 0.05) is 19.3 Å². The minimum Gasteiger partial charge on any atom is -0.477 e. The number of aromatic nitrogens is 2. The van der Waals surface area contributed by atoms with E-state index >= 15 is 0 Å². The number of likely N-dealkylation sites (tertiary alicyclic amines) is 1. The SMILES string of the molecule is CC(C(=O)N1CCC(Cc2ccccc2)CC1)n1nccc1C(=O)O. The molecule has 1 aromatic carbocycles. The van der Waals surface area contributed by atoms with E-state index in [4.69, 9.17) is 0 Å². The predicted octanol–water partition coefficient (Wildman–Crippen LogP) is 2.62. The Morgan fingerprint density at radius 1 is 1.20 bits per heavy atom. The van der Waals surface area contributed by atoms with Crippen molar-refractivity contribution in [2.24, 2.45) is 5.92 Å². The molecule has 1 atom stereocenters. The summed E-state index contributed by atoms with van der Waals surface area (Å²) < 4.78 is 1.29. The molecule has 0 saturated carbocycles. The Kier molecular flexibility index (Phi) is 5.16. The number of rotatable bonds is 5. The standard InChI is InChI=1S/C19H23N3O3/c1-14(22-17(19(24)25)7-10-20-22)18(23)21-11-8-16(9-12-21)13-15-5-3-2-4-6-15/h2-7,10,14,16H,8-9,11-13H2,1H3,(H,24,25). The third-order valence-electron chi connectivity index (χ3n) is 4.91.